The number of hydrogen-bond acceptors (Lipinski definition) is 1. The maximum absolute atomic E-state index is 13.4. The Hall–Kier alpha value is -1.26. The Morgan fingerprint density at radius 1 is 1.11 bits per heavy atom. The van der Waals surface area contributed by atoms with Crippen molar-refractivity contribution < 1.29 is 13.9 Å². The molecule has 0 fully saturated rings. The lowest BCUT2D eigenvalue weighted by molar-refractivity contribution is 0.176. The van der Waals surface area contributed by atoms with Crippen molar-refractivity contribution in [3.05, 3.63) is 69.7 Å². The van der Waals surface area contributed by atoms with Crippen LogP contribution in [-0.4, -0.2) is 5.11 Å². The van der Waals surface area contributed by atoms with Gasteiger partial charge in [0.15, 0.2) is 0 Å². The molecule has 0 saturated heterocycles. The van der Waals surface area contributed by atoms with Crippen molar-refractivity contribution in [3.8, 4) is 0 Å². The third-order valence-electron chi connectivity index (χ3n) is 2.69. The maximum Gasteiger partial charge on any atom is 0.126 e. The third-order valence-corrected chi connectivity index (χ3v) is 3.38. The van der Waals surface area contributed by atoms with Gasteiger partial charge in [-0.1, -0.05) is 40.2 Å². The van der Waals surface area contributed by atoms with E-state index in [-0.39, 0.29) is 18.1 Å². The van der Waals surface area contributed by atoms with Gasteiger partial charge >= 0.3 is 0 Å². The van der Waals surface area contributed by atoms with E-state index in [2.05, 4.69) is 15.9 Å². The van der Waals surface area contributed by atoms with Crippen molar-refractivity contribution in [1.82, 2.24) is 0 Å². The molecular formula is C14H11BrF2O. The summed E-state index contributed by atoms with van der Waals surface area (Å²) in [5.74, 6) is -0.737. The average Bonchev–Trinajstić information content (AvgIpc) is 2.32. The van der Waals surface area contributed by atoms with Gasteiger partial charge in [0, 0.05) is 10.9 Å². The number of aliphatic hydroxyl groups excluding tert-OH is 1. The first-order valence-corrected chi connectivity index (χ1v) is 6.23. The fraction of sp³-hybridized carbons (Fsp3) is 0.143. The van der Waals surface area contributed by atoms with E-state index in [9.17, 15) is 13.9 Å². The summed E-state index contributed by atoms with van der Waals surface area (Å²) in [4.78, 5) is 0. The zero-order valence-electron chi connectivity index (χ0n) is 9.41. The van der Waals surface area contributed by atoms with Crippen LogP contribution in [0.2, 0.25) is 0 Å². The van der Waals surface area contributed by atoms with Crippen LogP contribution in [0.5, 0.6) is 0 Å². The number of aliphatic hydroxyl groups is 1. The molecule has 1 unspecified atom stereocenters. The van der Waals surface area contributed by atoms with Crippen LogP contribution in [0.3, 0.4) is 0 Å². The molecule has 0 saturated carbocycles. The van der Waals surface area contributed by atoms with Gasteiger partial charge in [0.05, 0.1) is 6.10 Å². The van der Waals surface area contributed by atoms with Gasteiger partial charge in [-0.25, -0.2) is 8.78 Å². The van der Waals surface area contributed by atoms with Crippen LogP contribution in [0.4, 0.5) is 8.78 Å². The number of hydrogen-bond donors (Lipinski definition) is 1. The first-order chi connectivity index (χ1) is 8.58. The first-order valence-electron chi connectivity index (χ1n) is 5.44. The van der Waals surface area contributed by atoms with Crippen molar-refractivity contribution in [3.63, 3.8) is 0 Å². The molecule has 0 aliphatic heterocycles. The lowest BCUT2D eigenvalue weighted by Gasteiger charge is -2.13. The Morgan fingerprint density at radius 3 is 2.50 bits per heavy atom. The SMILES string of the molecule is OC(Cc1ccccc1F)c1ccc(F)cc1Br. The third kappa shape index (κ3) is 2.94. The summed E-state index contributed by atoms with van der Waals surface area (Å²) in [6.45, 7) is 0. The first kappa shape index (κ1) is 13.2. The molecule has 2 aromatic rings. The predicted molar refractivity (Wildman–Crippen MR) is 69.2 cm³/mol. The van der Waals surface area contributed by atoms with Crippen molar-refractivity contribution in [2.75, 3.05) is 0 Å². The lowest BCUT2D eigenvalue weighted by Crippen LogP contribution is -2.04. The summed E-state index contributed by atoms with van der Waals surface area (Å²) in [6.07, 6.45) is -0.728. The van der Waals surface area contributed by atoms with Crippen LogP contribution >= 0.6 is 15.9 Å². The second kappa shape index (κ2) is 5.59. The van der Waals surface area contributed by atoms with Crippen molar-refractivity contribution >= 4 is 15.9 Å². The minimum atomic E-state index is -0.878. The van der Waals surface area contributed by atoms with Crippen LogP contribution in [0.25, 0.3) is 0 Å². The van der Waals surface area contributed by atoms with E-state index in [1.165, 1.54) is 24.3 Å². The smallest absolute Gasteiger partial charge is 0.126 e. The Labute approximate surface area is 112 Å². The van der Waals surface area contributed by atoms with Gasteiger partial charge in [-0.05, 0) is 29.3 Å². The van der Waals surface area contributed by atoms with Gasteiger partial charge in [-0.15, -0.1) is 0 Å². The molecule has 18 heavy (non-hydrogen) atoms. The standard InChI is InChI=1S/C14H11BrF2O/c15-12-8-10(16)5-6-11(12)14(18)7-9-3-1-2-4-13(9)17/h1-6,8,14,18H,7H2. The molecule has 94 valence electrons. The minimum absolute atomic E-state index is 0.150. The zero-order chi connectivity index (χ0) is 13.1. The summed E-state index contributed by atoms with van der Waals surface area (Å²) in [7, 11) is 0. The van der Waals surface area contributed by atoms with Crippen molar-refractivity contribution in [1.29, 1.82) is 0 Å². The molecule has 1 N–H and O–H groups in total. The van der Waals surface area contributed by atoms with Gasteiger partial charge in [-0.3, -0.25) is 0 Å². The minimum Gasteiger partial charge on any atom is -0.388 e. The van der Waals surface area contributed by atoms with Gasteiger partial charge in [0.25, 0.3) is 0 Å². The molecule has 4 heteroatoms. The molecule has 1 atom stereocenters. The van der Waals surface area contributed by atoms with Crippen LogP contribution in [-0.2, 0) is 6.42 Å². The lowest BCUT2D eigenvalue weighted by atomic mass is 10.0. The molecule has 0 aromatic heterocycles. The van der Waals surface area contributed by atoms with Gasteiger partial charge < -0.3 is 5.11 Å². The fourth-order valence-corrected chi connectivity index (χ4v) is 2.37. The van der Waals surface area contributed by atoms with Crippen LogP contribution < -0.4 is 0 Å². The predicted octanol–water partition coefficient (Wildman–Crippen LogP) is 4.00. The molecule has 0 bridgehead atoms. The zero-order valence-corrected chi connectivity index (χ0v) is 11.0. The highest BCUT2D eigenvalue weighted by Gasteiger charge is 2.14. The Balaban J connectivity index is 2.22. The van der Waals surface area contributed by atoms with E-state index in [0.717, 1.165) is 0 Å². The fourth-order valence-electron chi connectivity index (χ4n) is 1.75. The molecule has 2 aromatic carbocycles. The van der Waals surface area contributed by atoms with Gasteiger partial charge in [0.1, 0.15) is 11.6 Å². The van der Waals surface area contributed by atoms with Crippen molar-refractivity contribution in [2.24, 2.45) is 0 Å². The Bertz CT molecular complexity index is 557. The number of halogens is 3. The molecular weight excluding hydrogens is 302 g/mol. The Morgan fingerprint density at radius 2 is 1.83 bits per heavy atom. The topological polar surface area (TPSA) is 20.2 Å². The summed E-state index contributed by atoms with van der Waals surface area (Å²) in [5, 5.41) is 10.1. The second-order valence-corrected chi connectivity index (χ2v) is 4.83. The van der Waals surface area contributed by atoms with Crippen LogP contribution in [0.15, 0.2) is 46.9 Å². The summed E-state index contributed by atoms with van der Waals surface area (Å²) < 4.78 is 26.9. The molecule has 1 nitrogen and oxygen atoms in total. The summed E-state index contributed by atoms with van der Waals surface area (Å²) in [5.41, 5.74) is 0.973. The molecule has 0 radical (unpaired) electrons. The van der Waals surface area contributed by atoms with E-state index in [1.54, 1.807) is 18.2 Å². The van der Waals surface area contributed by atoms with Crippen molar-refractivity contribution in [2.45, 2.75) is 12.5 Å². The average molecular weight is 313 g/mol. The maximum atomic E-state index is 13.4. The molecule has 0 heterocycles. The van der Waals surface area contributed by atoms with Gasteiger partial charge in [0.2, 0.25) is 0 Å². The largest absolute Gasteiger partial charge is 0.388 e. The second-order valence-electron chi connectivity index (χ2n) is 3.98. The summed E-state index contributed by atoms with van der Waals surface area (Å²) in [6, 6.07) is 10.3. The number of benzene rings is 2. The van der Waals surface area contributed by atoms with E-state index in [0.29, 0.717) is 15.6 Å². The molecule has 2 rings (SSSR count). The normalized spacial score (nSPS) is 12.4. The highest BCUT2D eigenvalue weighted by molar-refractivity contribution is 9.10. The molecule has 0 aliphatic rings. The molecule has 0 aliphatic carbocycles. The highest BCUT2D eigenvalue weighted by Crippen LogP contribution is 2.27. The van der Waals surface area contributed by atoms with E-state index in [4.69, 9.17) is 0 Å². The van der Waals surface area contributed by atoms with Crippen LogP contribution in [0, 0.1) is 11.6 Å². The summed E-state index contributed by atoms with van der Waals surface area (Å²) >= 11 is 3.19. The highest BCUT2D eigenvalue weighted by atomic mass is 79.9. The molecule has 0 amide bonds. The Kier molecular flexibility index (Phi) is 4.09. The van der Waals surface area contributed by atoms with E-state index in [1.807, 2.05) is 0 Å². The monoisotopic (exact) mass is 312 g/mol. The quantitative estimate of drug-likeness (QED) is 0.908. The van der Waals surface area contributed by atoms with Crippen LogP contribution in [0.1, 0.15) is 17.2 Å². The van der Waals surface area contributed by atoms with Gasteiger partial charge in [-0.2, -0.15) is 0 Å². The number of rotatable bonds is 3. The molecule has 0 spiro atoms. The van der Waals surface area contributed by atoms with E-state index < -0.39 is 6.10 Å². The van der Waals surface area contributed by atoms with E-state index >= 15 is 0 Å².